The molecule has 0 spiro atoms. The van der Waals surface area contributed by atoms with Gasteiger partial charge in [-0.3, -0.25) is 0 Å². The Kier molecular flexibility index (Phi) is 3.72. The third-order valence-corrected chi connectivity index (χ3v) is 3.14. The van der Waals surface area contributed by atoms with Crippen molar-refractivity contribution in [2.24, 2.45) is 5.73 Å². The maximum absolute atomic E-state index is 13.7. The molecule has 2 rings (SSSR count). The fraction of sp³-hybridized carbons (Fsp3) is 0.583. The molecule has 0 aliphatic carbocycles. The van der Waals surface area contributed by atoms with Gasteiger partial charge in [0.05, 0.1) is 0 Å². The lowest BCUT2D eigenvalue weighted by Crippen LogP contribution is -2.41. The predicted molar refractivity (Wildman–Crippen MR) is 62.9 cm³/mol. The van der Waals surface area contributed by atoms with Crippen molar-refractivity contribution in [3.63, 3.8) is 0 Å². The number of aromatic nitrogens is 1. The zero-order valence-electron chi connectivity index (χ0n) is 9.40. The Morgan fingerprint density at radius 3 is 3.12 bits per heavy atom. The average molecular weight is 223 g/mol. The molecule has 16 heavy (non-hydrogen) atoms. The molecule has 1 aliphatic heterocycles. The second kappa shape index (κ2) is 5.25. The van der Waals surface area contributed by atoms with Gasteiger partial charge in [0.1, 0.15) is 0 Å². The van der Waals surface area contributed by atoms with Crippen molar-refractivity contribution < 1.29 is 4.39 Å². The lowest BCUT2D eigenvalue weighted by Gasteiger charge is -2.36. The molecule has 4 heteroatoms. The smallest absolute Gasteiger partial charge is 0.165 e. The van der Waals surface area contributed by atoms with Gasteiger partial charge in [-0.15, -0.1) is 0 Å². The molecule has 1 aromatic rings. The topological polar surface area (TPSA) is 42.1 Å². The molecule has 1 saturated heterocycles. The first-order chi connectivity index (χ1) is 7.83. The maximum atomic E-state index is 13.7. The number of pyridine rings is 1. The highest BCUT2D eigenvalue weighted by Gasteiger charge is 2.24. The van der Waals surface area contributed by atoms with Crippen LogP contribution in [0.5, 0.6) is 0 Å². The van der Waals surface area contributed by atoms with Gasteiger partial charge < -0.3 is 10.6 Å². The van der Waals surface area contributed by atoms with E-state index in [1.165, 1.54) is 12.5 Å². The van der Waals surface area contributed by atoms with Gasteiger partial charge in [0.25, 0.3) is 0 Å². The van der Waals surface area contributed by atoms with Gasteiger partial charge in [-0.25, -0.2) is 9.37 Å². The van der Waals surface area contributed by atoms with E-state index in [4.69, 9.17) is 5.73 Å². The Hall–Kier alpha value is -1.16. The van der Waals surface area contributed by atoms with Crippen molar-refractivity contribution in [3.05, 3.63) is 24.1 Å². The molecule has 0 aromatic carbocycles. The number of nitrogens with zero attached hydrogens (tertiary/aromatic N) is 2. The molecule has 1 unspecified atom stereocenters. The number of anilines is 1. The minimum atomic E-state index is -0.230. The van der Waals surface area contributed by atoms with E-state index in [-0.39, 0.29) is 5.82 Å². The number of rotatable bonds is 3. The molecule has 1 fully saturated rings. The number of piperidine rings is 1. The minimum absolute atomic E-state index is 0.230. The summed E-state index contributed by atoms with van der Waals surface area (Å²) in [7, 11) is 0. The van der Waals surface area contributed by atoms with Crippen LogP contribution in [0.3, 0.4) is 0 Å². The van der Waals surface area contributed by atoms with E-state index in [1.807, 2.05) is 0 Å². The summed E-state index contributed by atoms with van der Waals surface area (Å²) < 4.78 is 13.7. The van der Waals surface area contributed by atoms with Crippen LogP contribution in [0, 0.1) is 5.82 Å². The van der Waals surface area contributed by atoms with E-state index in [2.05, 4.69) is 9.88 Å². The van der Waals surface area contributed by atoms with Crippen LogP contribution in [0.15, 0.2) is 18.3 Å². The molecule has 1 atom stereocenters. The summed E-state index contributed by atoms with van der Waals surface area (Å²) in [5, 5.41) is 0. The van der Waals surface area contributed by atoms with Crippen LogP contribution in [0.25, 0.3) is 0 Å². The quantitative estimate of drug-likeness (QED) is 0.851. The van der Waals surface area contributed by atoms with Crippen LogP contribution in [0.4, 0.5) is 10.2 Å². The second-order valence-electron chi connectivity index (χ2n) is 4.23. The van der Waals surface area contributed by atoms with Crippen molar-refractivity contribution in [1.82, 2.24) is 4.98 Å². The Labute approximate surface area is 95.5 Å². The molecular formula is C12H18FN3. The van der Waals surface area contributed by atoms with Crippen LogP contribution >= 0.6 is 0 Å². The van der Waals surface area contributed by atoms with Gasteiger partial charge in [0.2, 0.25) is 0 Å². The van der Waals surface area contributed by atoms with E-state index in [0.717, 1.165) is 25.8 Å². The fourth-order valence-corrected chi connectivity index (χ4v) is 2.36. The van der Waals surface area contributed by atoms with Crippen LogP contribution in [-0.2, 0) is 0 Å². The molecule has 0 amide bonds. The molecule has 1 aliphatic rings. The van der Waals surface area contributed by atoms with Gasteiger partial charge in [0, 0.05) is 18.8 Å². The summed E-state index contributed by atoms with van der Waals surface area (Å²) in [5.41, 5.74) is 5.60. The van der Waals surface area contributed by atoms with Crippen molar-refractivity contribution in [3.8, 4) is 0 Å². The second-order valence-corrected chi connectivity index (χ2v) is 4.23. The molecule has 88 valence electrons. The van der Waals surface area contributed by atoms with Crippen LogP contribution < -0.4 is 10.6 Å². The van der Waals surface area contributed by atoms with Crippen molar-refractivity contribution >= 4 is 5.82 Å². The van der Waals surface area contributed by atoms with E-state index >= 15 is 0 Å². The van der Waals surface area contributed by atoms with Crippen molar-refractivity contribution in [1.29, 1.82) is 0 Å². The normalized spacial score (nSPS) is 21.1. The Morgan fingerprint density at radius 1 is 1.50 bits per heavy atom. The van der Waals surface area contributed by atoms with E-state index in [9.17, 15) is 4.39 Å². The summed E-state index contributed by atoms with van der Waals surface area (Å²) in [4.78, 5) is 6.22. The van der Waals surface area contributed by atoms with E-state index in [0.29, 0.717) is 18.4 Å². The van der Waals surface area contributed by atoms with Crippen LogP contribution in [-0.4, -0.2) is 24.1 Å². The Morgan fingerprint density at radius 2 is 2.38 bits per heavy atom. The molecule has 0 saturated carbocycles. The largest absolute Gasteiger partial charge is 0.351 e. The lowest BCUT2D eigenvalue weighted by atomic mass is 9.99. The predicted octanol–water partition coefficient (Wildman–Crippen LogP) is 1.93. The standard InChI is InChI=1S/C12H18FN3/c13-11-5-3-8-15-12(11)16-9-2-1-4-10(16)6-7-14/h3,5,8,10H,1-2,4,6-7,9,14H2. The van der Waals surface area contributed by atoms with Crippen molar-refractivity contribution in [2.75, 3.05) is 18.0 Å². The zero-order valence-corrected chi connectivity index (χ0v) is 9.40. The lowest BCUT2D eigenvalue weighted by molar-refractivity contribution is 0.432. The molecular weight excluding hydrogens is 205 g/mol. The van der Waals surface area contributed by atoms with E-state index in [1.54, 1.807) is 12.3 Å². The highest BCUT2D eigenvalue weighted by molar-refractivity contribution is 5.41. The number of hydrogen-bond donors (Lipinski definition) is 1. The van der Waals surface area contributed by atoms with Crippen LogP contribution in [0.1, 0.15) is 25.7 Å². The fourth-order valence-electron chi connectivity index (χ4n) is 2.36. The first kappa shape index (κ1) is 11.3. The molecule has 1 aromatic heterocycles. The molecule has 2 N–H and O–H groups in total. The van der Waals surface area contributed by atoms with Gasteiger partial charge in [-0.1, -0.05) is 0 Å². The van der Waals surface area contributed by atoms with Gasteiger partial charge in [0.15, 0.2) is 11.6 Å². The number of halogens is 1. The SMILES string of the molecule is NCCC1CCCCN1c1ncccc1F. The zero-order chi connectivity index (χ0) is 11.4. The van der Waals surface area contributed by atoms with Crippen LogP contribution in [0.2, 0.25) is 0 Å². The third kappa shape index (κ3) is 2.32. The summed E-state index contributed by atoms with van der Waals surface area (Å²) in [5.74, 6) is 0.257. The number of hydrogen-bond acceptors (Lipinski definition) is 3. The summed E-state index contributed by atoms with van der Waals surface area (Å²) >= 11 is 0. The minimum Gasteiger partial charge on any atom is -0.351 e. The molecule has 2 heterocycles. The van der Waals surface area contributed by atoms with E-state index < -0.39 is 0 Å². The Balaban J connectivity index is 2.19. The molecule has 0 radical (unpaired) electrons. The number of nitrogens with two attached hydrogens (primary N) is 1. The monoisotopic (exact) mass is 223 g/mol. The van der Waals surface area contributed by atoms with Gasteiger partial charge in [-0.05, 0) is 44.4 Å². The summed E-state index contributed by atoms with van der Waals surface area (Å²) in [6, 6.07) is 3.44. The first-order valence-corrected chi connectivity index (χ1v) is 5.90. The first-order valence-electron chi connectivity index (χ1n) is 5.90. The molecule has 0 bridgehead atoms. The summed E-state index contributed by atoms with van der Waals surface area (Å²) in [6.07, 6.45) is 5.96. The highest BCUT2D eigenvalue weighted by Crippen LogP contribution is 2.26. The van der Waals surface area contributed by atoms with Crippen molar-refractivity contribution in [2.45, 2.75) is 31.7 Å². The van der Waals surface area contributed by atoms with Gasteiger partial charge >= 0.3 is 0 Å². The maximum Gasteiger partial charge on any atom is 0.165 e. The Bertz CT molecular complexity index is 341. The summed E-state index contributed by atoms with van der Waals surface area (Å²) in [6.45, 7) is 1.54. The van der Waals surface area contributed by atoms with Gasteiger partial charge in [-0.2, -0.15) is 0 Å². The average Bonchev–Trinajstić information content (AvgIpc) is 2.31. The third-order valence-electron chi connectivity index (χ3n) is 3.14. The highest BCUT2D eigenvalue weighted by atomic mass is 19.1. The molecule has 3 nitrogen and oxygen atoms in total.